The molecule has 0 saturated carbocycles. The van der Waals surface area contributed by atoms with Crippen LogP contribution in [0.5, 0.6) is 5.75 Å². The topological polar surface area (TPSA) is 74.5 Å². The van der Waals surface area contributed by atoms with Crippen LogP contribution >= 0.6 is 23.2 Å². The maximum Gasteiger partial charge on any atom is 0.291 e. The number of amides is 1. The zero-order valence-electron chi connectivity index (χ0n) is 15.9. The third kappa shape index (κ3) is 3.36. The average Bonchev–Trinajstić information content (AvgIpc) is 3.25. The molecule has 1 amide bonds. The molecule has 1 saturated heterocycles. The smallest absolute Gasteiger partial charge is 0.291 e. The Hall–Kier alpha value is -1.83. The summed E-state index contributed by atoms with van der Waals surface area (Å²) >= 11 is 12.5. The number of rotatable bonds is 3. The summed E-state index contributed by atoms with van der Waals surface area (Å²) in [5.74, 6) is 0.999. The predicted molar refractivity (Wildman–Crippen MR) is 107 cm³/mol. The molecule has 1 aromatic carbocycles. The van der Waals surface area contributed by atoms with E-state index >= 15 is 0 Å². The number of halogens is 2. The largest absolute Gasteiger partial charge is 0.508 e. The fourth-order valence-electron chi connectivity index (χ4n) is 4.06. The summed E-state index contributed by atoms with van der Waals surface area (Å²) in [5, 5.41) is 19.4. The first-order valence-corrected chi connectivity index (χ1v) is 10.2. The number of hydrogen-bond acceptors (Lipinski definition) is 5. The summed E-state index contributed by atoms with van der Waals surface area (Å²) in [6.45, 7) is 7.91. The van der Waals surface area contributed by atoms with E-state index in [0.717, 1.165) is 18.9 Å². The molecule has 2 aliphatic rings. The van der Waals surface area contributed by atoms with E-state index in [1.165, 1.54) is 0 Å². The number of benzene rings is 1. The normalized spacial score (nSPS) is 20.0. The van der Waals surface area contributed by atoms with Crippen LogP contribution in [0.1, 0.15) is 41.8 Å². The number of aromatic nitrogens is 3. The molecule has 7 nitrogen and oxygen atoms in total. The van der Waals surface area contributed by atoms with E-state index in [4.69, 9.17) is 23.2 Å². The van der Waals surface area contributed by atoms with Crippen molar-refractivity contribution >= 4 is 29.1 Å². The highest BCUT2D eigenvalue weighted by Crippen LogP contribution is 2.41. The van der Waals surface area contributed by atoms with Crippen molar-refractivity contribution in [1.82, 2.24) is 24.6 Å². The van der Waals surface area contributed by atoms with Gasteiger partial charge in [-0.25, -0.2) is 0 Å². The van der Waals surface area contributed by atoms with Gasteiger partial charge in [-0.1, -0.05) is 23.2 Å². The molecule has 150 valence electrons. The SMILES string of the molecule is CC(C)N1CCN(C(=O)c2nnc3n2CC(c2c(O)ccc(Cl)c2Cl)C3)CC1. The molecule has 2 aromatic rings. The molecular weight excluding hydrogens is 401 g/mol. The van der Waals surface area contributed by atoms with E-state index in [1.807, 2.05) is 9.47 Å². The second kappa shape index (κ2) is 7.54. The molecule has 0 bridgehead atoms. The summed E-state index contributed by atoms with van der Waals surface area (Å²) in [6, 6.07) is 3.60. The van der Waals surface area contributed by atoms with Gasteiger partial charge in [-0.05, 0) is 26.0 Å². The Morgan fingerprint density at radius 3 is 2.57 bits per heavy atom. The lowest BCUT2D eigenvalue weighted by Gasteiger charge is -2.36. The lowest BCUT2D eigenvalue weighted by atomic mass is 9.96. The molecular formula is C19H23Cl2N5O2. The number of carbonyl (C=O) groups is 1. The van der Waals surface area contributed by atoms with Gasteiger partial charge in [0.25, 0.3) is 5.91 Å². The average molecular weight is 424 g/mol. The van der Waals surface area contributed by atoms with Gasteiger partial charge in [0.05, 0.1) is 10.0 Å². The second-order valence-corrected chi connectivity index (χ2v) is 8.45. The third-order valence-corrected chi connectivity index (χ3v) is 6.52. The molecule has 0 radical (unpaired) electrons. The van der Waals surface area contributed by atoms with Crippen LogP contribution in [0, 0.1) is 0 Å². The van der Waals surface area contributed by atoms with E-state index in [1.54, 1.807) is 12.1 Å². The van der Waals surface area contributed by atoms with Gasteiger partial charge < -0.3 is 14.6 Å². The second-order valence-electron chi connectivity index (χ2n) is 7.67. The van der Waals surface area contributed by atoms with Crippen LogP contribution in [-0.4, -0.2) is 67.8 Å². The van der Waals surface area contributed by atoms with Gasteiger partial charge in [0.2, 0.25) is 5.82 Å². The van der Waals surface area contributed by atoms with E-state index in [0.29, 0.717) is 53.5 Å². The summed E-state index contributed by atoms with van der Waals surface area (Å²) in [6.07, 6.45) is 0.551. The summed E-state index contributed by atoms with van der Waals surface area (Å²) in [4.78, 5) is 17.2. The quantitative estimate of drug-likeness (QED) is 0.821. The fourth-order valence-corrected chi connectivity index (χ4v) is 4.54. The Morgan fingerprint density at radius 1 is 1.18 bits per heavy atom. The van der Waals surface area contributed by atoms with Gasteiger partial charge in [-0.15, -0.1) is 10.2 Å². The number of carbonyl (C=O) groups excluding carboxylic acids is 1. The van der Waals surface area contributed by atoms with Crippen molar-refractivity contribution in [2.45, 2.75) is 38.8 Å². The summed E-state index contributed by atoms with van der Waals surface area (Å²) in [5.41, 5.74) is 0.601. The molecule has 9 heteroatoms. The van der Waals surface area contributed by atoms with Crippen LogP contribution in [0.25, 0.3) is 0 Å². The molecule has 1 unspecified atom stereocenters. The first-order chi connectivity index (χ1) is 13.4. The maximum atomic E-state index is 13.0. The number of nitrogens with zero attached hydrogens (tertiary/aromatic N) is 5. The van der Waals surface area contributed by atoms with E-state index in [-0.39, 0.29) is 17.6 Å². The fraction of sp³-hybridized carbons (Fsp3) is 0.526. The van der Waals surface area contributed by atoms with Crippen LogP contribution in [-0.2, 0) is 13.0 Å². The molecule has 1 atom stereocenters. The van der Waals surface area contributed by atoms with E-state index < -0.39 is 0 Å². The van der Waals surface area contributed by atoms with Crippen molar-refractivity contribution in [2.24, 2.45) is 0 Å². The zero-order valence-corrected chi connectivity index (χ0v) is 17.4. The Morgan fingerprint density at radius 2 is 1.89 bits per heavy atom. The van der Waals surface area contributed by atoms with Gasteiger partial charge in [-0.2, -0.15) is 0 Å². The standard InChI is InChI=1S/C19H23Cl2N5O2/c1-11(2)24-5-7-25(8-6-24)19(28)18-23-22-15-9-12(10-26(15)18)16-14(27)4-3-13(20)17(16)21/h3-4,11-12,27H,5-10H2,1-2H3. The molecule has 1 N–H and O–H groups in total. The molecule has 0 aliphatic carbocycles. The summed E-state index contributed by atoms with van der Waals surface area (Å²) < 4.78 is 1.85. The Kier molecular flexibility index (Phi) is 5.24. The van der Waals surface area contributed by atoms with Crippen molar-refractivity contribution in [1.29, 1.82) is 0 Å². The van der Waals surface area contributed by atoms with E-state index in [2.05, 4.69) is 28.9 Å². The van der Waals surface area contributed by atoms with Crippen LogP contribution < -0.4 is 0 Å². The van der Waals surface area contributed by atoms with Crippen LogP contribution in [0.4, 0.5) is 0 Å². The molecule has 1 aromatic heterocycles. The van der Waals surface area contributed by atoms with Crippen LogP contribution in [0.3, 0.4) is 0 Å². The Balaban J connectivity index is 1.52. The highest BCUT2D eigenvalue weighted by Gasteiger charge is 2.34. The highest BCUT2D eigenvalue weighted by molar-refractivity contribution is 6.42. The first kappa shape index (κ1) is 19.5. The third-order valence-electron chi connectivity index (χ3n) is 5.70. The highest BCUT2D eigenvalue weighted by atomic mass is 35.5. The Labute approximate surface area is 173 Å². The van der Waals surface area contributed by atoms with Crippen molar-refractivity contribution in [3.63, 3.8) is 0 Å². The van der Waals surface area contributed by atoms with Crippen molar-refractivity contribution in [3.8, 4) is 5.75 Å². The number of phenolic OH excluding ortho intramolecular Hbond substituents is 1. The number of hydrogen-bond donors (Lipinski definition) is 1. The maximum absolute atomic E-state index is 13.0. The molecule has 2 aliphatic heterocycles. The number of piperazine rings is 1. The van der Waals surface area contributed by atoms with Gasteiger partial charge in [0, 0.05) is 56.7 Å². The molecule has 0 spiro atoms. The van der Waals surface area contributed by atoms with Gasteiger partial charge in [-0.3, -0.25) is 9.69 Å². The molecule has 1 fully saturated rings. The minimum atomic E-state index is -0.0963. The molecule has 4 rings (SSSR count). The number of aromatic hydroxyl groups is 1. The Bertz CT molecular complexity index is 906. The van der Waals surface area contributed by atoms with Gasteiger partial charge in [0.15, 0.2) is 0 Å². The zero-order chi connectivity index (χ0) is 20.0. The monoisotopic (exact) mass is 423 g/mol. The van der Waals surface area contributed by atoms with Gasteiger partial charge in [0.1, 0.15) is 11.6 Å². The van der Waals surface area contributed by atoms with Crippen molar-refractivity contribution in [2.75, 3.05) is 26.2 Å². The van der Waals surface area contributed by atoms with E-state index in [9.17, 15) is 9.90 Å². The van der Waals surface area contributed by atoms with Crippen LogP contribution in [0.15, 0.2) is 12.1 Å². The van der Waals surface area contributed by atoms with Gasteiger partial charge >= 0.3 is 0 Å². The lowest BCUT2D eigenvalue weighted by Crippen LogP contribution is -2.51. The minimum absolute atomic E-state index is 0.0933. The number of fused-ring (bicyclic) bond motifs is 1. The molecule has 3 heterocycles. The van der Waals surface area contributed by atoms with Crippen LogP contribution in [0.2, 0.25) is 10.0 Å². The van der Waals surface area contributed by atoms with Crippen molar-refractivity contribution in [3.05, 3.63) is 39.4 Å². The number of phenols is 1. The minimum Gasteiger partial charge on any atom is -0.508 e. The summed E-state index contributed by atoms with van der Waals surface area (Å²) in [7, 11) is 0. The predicted octanol–water partition coefficient (Wildman–Crippen LogP) is 2.80. The lowest BCUT2D eigenvalue weighted by molar-refractivity contribution is 0.0579. The first-order valence-electron chi connectivity index (χ1n) is 9.49. The molecule has 28 heavy (non-hydrogen) atoms. The van der Waals surface area contributed by atoms with Crippen molar-refractivity contribution < 1.29 is 9.90 Å².